The van der Waals surface area contributed by atoms with Crippen molar-refractivity contribution >= 4 is 22.8 Å². The normalized spacial score (nSPS) is 18.7. The molecular formula is C22H27NO4. The minimum Gasteiger partial charge on any atom is -0.461 e. The maximum Gasteiger partial charge on any atom is 0.333 e. The Hall–Kier alpha value is -2.30. The number of hydrogen-bond acceptors (Lipinski definition) is 4. The van der Waals surface area contributed by atoms with Gasteiger partial charge >= 0.3 is 5.97 Å². The third kappa shape index (κ3) is 3.87. The number of benzene rings is 1. The summed E-state index contributed by atoms with van der Waals surface area (Å²) in [6.07, 6.45) is 9.50. The van der Waals surface area contributed by atoms with Gasteiger partial charge in [-0.05, 0) is 57.2 Å². The average molecular weight is 369 g/mol. The Balaban J connectivity index is 1.41. The van der Waals surface area contributed by atoms with Gasteiger partial charge < -0.3 is 14.5 Å². The van der Waals surface area contributed by atoms with Crippen LogP contribution in [0, 0.1) is 5.92 Å². The highest BCUT2D eigenvalue weighted by molar-refractivity contribution is 5.88. The summed E-state index contributed by atoms with van der Waals surface area (Å²) in [4.78, 5) is 24.8. The Morgan fingerprint density at radius 2 is 1.89 bits per heavy atom. The second-order valence-corrected chi connectivity index (χ2v) is 7.86. The lowest BCUT2D eigenvalue weighted by atomic mass is 9.88. The molecule has 2 aromatic rings. The van der Waals surface area contributed by atoms with Gasteiger partial charge in [0.25, 0.3) is 0 Å². The lowest BCUT2D eigenvalue weighted by Crippen LogP contribution is -2.43. The molecule has 1 aromatic heterocycles. The van der Waals surface area contributed by atoms with E-state index in [4.69, 9.17) is 9.15 Å². The van der Waals surface area contributed by atoms with Crippen molar-refractivity contribution in [2.24, 2.45) is 5.92 Å². The van der Waals surface area contributed by atoms with Crippen molar-refractivity contribution in [3.05, 3.63) is 29.5 Å². The number of fused-ring (bicyclic) bond motifs is 3. The van der Waals surface area contributed by atoms with Crippen LogP contribution in [-0.4, -0.2) is 17.9 Å². The highest BCUT2D eigenvalue weighted by Gasteiger charge is 2.25. The first-order valence-corrected chi connectivity index (χ1v) is 10.2. The van der Waals surface area contributed by atoms with Crippen molar-refractivity contribution in [1.82, 2.24) is 5.32 Å². The van der Waals surface area contributed by atoms with E-state index in [1.165, 1.54) is 12.0 Å². The second-order valence-electron chi connectivity index (χ2n) is 7.86. The van der Waals surface area contributed by atoms with Gasteiger partial charge in [0.2, 0.25) is 5.91 Å². The molecule has 0 saturated heterocycles. The molecule has 1 atom stereocenters. The molecule has 2 aliphatic carbocycles. The summed E-state index contributed by atoms with van der Waals surface area (Å²) in [7, 11) is 0. The standard InChI is InChI=1S/C22H27NO4/c1-14(23-21(24)15-7-3-2-4-8-15)22(25)26-16-11-12-20-18(13-16)17-9-5-6-10-19(17)27-20/h11-15H,2-10H2,1H3,(H,23,24). The molecule has 144 valence electrons. The van der Waals surface area contributed by atoms with E-state index >= 15 is 0 Å². The molecule has 0 radical (unpaired) electrons. The van der Waals surface area contributed by atoms with Gasteiger partial charge in [-0.2, -0.15) is 0 Å². The Morgan fingerprint density at radius 1 is 1.11 bits per heavy atom. The number of furan rings is 1. The molecule has 5 nitrogen and oxygen atoms in total. The lowest BCUT2D eigenvalue weighted by molar-refractivity contribution is -0.139. The van der Waals surface area contributed by atoms with E-state index in [9.17, 15) is 9.59 Å². The average Bonchev–Trinajstić information content (AvgIpc) is 3.06. The Kier molecular flexibility index (Phi) is 5.19. The fraction of sp³-hybridized carbons (Fsp3) is 0.545. The van der Waals surface area contributed by atoms with Crippen LogP contribution in [0.4, 0.5) is 0 Å². The van der Waals surface area contributed by atoms with Crippen LogP contribution in [0.2, 0.25) is 0 Å². The van der Waals surface area contributed by atoms with Gasteiger partial charge in [0.05, 0.1) is 0 Å². The summed E-state index contributed by atoms with van der Waals surface area (Å²) >= 11 is 0. The smallest absolute Gasteiger partial charge is 0.333 e. The summed E-state index contributed by atoms with van der Waals surface area (Å²) in [5.74, 6) is 1.13. The SMILES string of the molecule is CC(NC(=O)C1CCCCC1)C(=O)Oc1ccc2oc3c(c2c1)CCCC3. The van der Waals surface area contributed by atoms with Crippen LogP contribution in [0.25, 0.3) is 11.0 Å². The van der Waals surface area contributed by atoms with E-state index in [-0.39, 0.29) is 11.8 Å². The monoisotopic (exact) mass is 369 g/mol. The zero-order valence-corrected chi connectivity index (χ0v) is 15.9. The zero-order valence-electron chi connectivity index (χ0n) is 15.9. The Bertz CT molecular complexity index is 847. The fourth-order valence-corrected chi connectivity index (χ4v) is 4.26. The summed E-state index contributed by atoms with van der Waals surface area (Å²) in [6.45, 7) is 1.68. The number of carbonyl (C=O) groups excluding carboxylic acids is 2. The van der Waals surface area contributed by atoms with Crippen molar-refractivity contribution in [2.45, 2.75) is 70.8 Å². The number of carbonyl (C=O) groups is 2. The Morgan fingerprint density at radius 3 is 2.70 bits per heavy atom. The highest BCUT2D eigenvalue weighted by Crippen LogP contribution is 2.34. The third-order valence-corrected chi connectivity index (χ3v) is 5.83. The van der Waals surface area contributed by atoms with Gasteiger partial charge in [0.1, 0.15) is 23.1 Å². The van der Waals surface area contributed by atoms with Crippen molar-refractivity contribution < 1.29 is 18.7 Å². The van der Waals surface area contributed by atoms with Crippen molar-refractivity contribution in [1.29, 1.82) is 0 Å². The molecule has 1 fully saturated rings. The minimum absolute atomic E-state index is 0.0292. The van der Waals surface area contributed by atoms with E-state index < -0.39 is 12.0 Å². The number of nitrogens with one attached hydrogen (secondary N) is 1. The van der Waals surface area contributed by atoms with E-state index in [1.807, 2.05) is 12.1 Å². The van der Waals surface area contributed by atoms with E-state index in [1.54, 1.807) is 13.0 Å². The molecule has 1 amide bonds. The summed E-state index contributed by atoms with van der Waals surface area (Å²) in [5, 5.41) is 3.86. The van der Waals surface area contributed by atoms with E-state index in [2.05, 4.69) is 5.32 Å². The lowest BCUT2D eigenvalue weighted by Gasteiger charge is -2.22. The fourth-order valence-electron chi connectivity index (χ4n) is 4.26. The maximum absolute atomic E-state index is 12.4. The predicted octanol–water partition coefficient (Wildman–Crippen LogP) is 4.30. The maximum atomic E-state index is 12.4. The molecule has 1 heterocycles. The molecule has 1 N–H and O–H groups in total. The molecule has 5 heteroatoms. The topological polar surface area (TPSA) is 68.5 Å². The highest BCUT2D eigenvalue weighted by atomic mass is 16.5. The van der Waals surface area contributed by atoms with Crippen LogP contribution in [0.5, 0.6) is 5.75 Å². The molecule has 1 aromatic carbocycles. The van der Waals surface area contributed by atoms with Crippen molar-refractivity contribution in [3.8, 4) is 5.75 Å². The molecule has 2 aliphatic rings. The first kappa shape index (κ1) is 18.1. The molecule has 0 bridgehead atoms. The van der Waals surface area contributed by atoms with Gasteiger partial charge in [-0.15, -0.1) is 0 Å². The van der Waals surface area contributed by atoms with Gasteiger partial charge in [0.15, 0.2) is 0 Å². The quantitative estimate of drug-likeness (QED) is 0.644. The largest absolute Gasteiger partial charge is 0.461 e. The number of ether oxygens (including phenoxy) is 1. The van der Waals surface area contributed by atoms with Crippen molar-refractivity contribution in [2.75, 3.05) is 0 Å². The number of amides is 1. The molecule has 0 aliphatic heterocycles. The summed E-state index contributed by atoms with van der Waals surface area (Å²) < 4.78 is 11.5. The van der Waals surface area contributed by atoms with Crippen LogP contribution >= 0.6 is 0 Å². The predicted molar refractivity (Wildman–Crippen MR) is 103 cm³/mol. The summed E-state index contributed by atoms with van der Waals surface area (Å²) in [6, 6.07) is 4.84. The first-order valence-electron chi connectivity index (χ1n) is 10.2. The Labute approximate surface area is 159 Å². The molecule has 1 unspecified atom stereocenters. The summed E-state index contributed by atoms with van der Waals surface area (Å²) in [5.41, 5.74) is 2.09. The zero-order chi connectivity index (χ0) is 18.8. The molecule has 27 heavy (non-hydrogen) atoms. The van der Waals surface area contributed by atoms with Gasteiger partial charge in [-0.3, -0.25) is 4.79 Å². The van der Waals surface area contributed by atoms with E-state index in [0.717, 1.165) is 68.1 Å². The van der Waals surface area contributed by atoms with Gasteiger partial charge in [-0.25, -0.2) is 4.79 Å². The first-order chi connectivity index (χ1) is 13.1. The third-order valence-electron chi connectivity index (χ3n) is 5.83. The van der Waals surface area contributed by atoms with Crippen molar-refractivity contribution in [3.63, 3.8) is 0 Å². The van der Waals surface area contributed by atoms with Crippen LogP contribution in [0.3, 0.4) is 0 Å². The van der Waals surface area contributed by atoms with Crippen LogP contribution in [0.1, 0.15) is 63.2 Å². The number of esters is 1. The van der Waals surface area contributed by atoms with Gasteiger partial charge in [-0.1, -0.05) is 19.3 Å². The van der Waals surface area contributed by atoms with Crippen LogP contribution in [-0.2, 0) is 22.4 Å². The molecule has 0 spiro atoms. The van der Waals surface area contributed by atoms with Crippen LogP contribution in [0.15, 0.2) is 22.6 Å². The second kappa shape index (κ2) is 7.75. The van der Waals surface area contributed by atoms with Gasteiger partial charge in [0, 0.05) is 23.3 Å². The van der Waals surface area contributed by atoms with E-state index in [0.29, 0.717) is 5.75 Å². The number of rotatable bonds is 4. The molecule has 4 rings (SSSR count). The minimum atomic E-state index is -0.659. The number of hydrogen-bond donors (Lipinski definition) is 1. The molecular weight excluding hydrogens is 342 g/mol. The number of aryl methyl sites for hydroxylation is 2. The van der Waals surface area contributed by atoms with Crippen LogP contribution < -0.4 is 10.1 Å². The molecule has 1 saturated carbocycles.